The van der Waals surface area contributed by atoms with E-state index in [1.165, 1.54) is 6.07 Å². The van der Waals surface area contributed by atoms with Crippen molar-refractivity contribution in [3.63, 3.8) is 0 Å². The van der Waals surface area contributed by atoms with Crippen LogP contribution in [0.25, 0.3) is 0 Å². The average molecular weight is 379 g/mol. The van der Waals surface area contributed by atoms with Crippen LogP contribution in [0.4, 0.5) is 8.78 Å². The highest BCUT2D eigenvalue weighted by molar-refractivity contribution is 5.77. The fourth-order valence-corrected chi connectivity index (χ4v) is 3.73. The first-order valence-corrected chi connectivity index (χ1v) is 9.75. The largest absolute Gasteiger partial charge is 0.343 e. The summed E-state index contributed by atoms with van der Waals surface area (Å²) < 4.78 is 26.3. The molecule has 5 nitrogen and oxygen atoms in total. The second-order valence-electron chi connectivity index (χ2n) is 7.35. The van der Waals surface area contributed by atoms with Gasteiger partial charge in [-0.2, -0.15) is 0 Å². The Morgan fingerprint density at radius 1 is 1.00 bits per heavy atom. The summed E-state index contributed by atoms with van der Waals surface area (Å²) in [5.74, 6) is -1.32. The van der Waals surface area contributed by atoms with Gasteiger partial charge in [-0.3, -0.25) is 14.5 Å². The lowest BCUT2D eigenvalue weighted by Crippen LogP contribution is -2.48. The first kappa shape index (κ1) is 19.7. The van der Waals surface area contributed by atoms with E-state index >= 15 is 0 Å². The van der Waals surface area contributed by atoms with Gasteiger partial charge in [0.2, 0.25) is 11.8 Å². The summed E-state index contributed by atoms with van der Waals surface area (Å²) in [5, 5.41) is 0. The second kappa shape index (κ2) is 9.26. The van der Waals surface area contributed by atoms with E-state index < -0.39 is 11.6 Å². The lowest BCUT2D eigenvalue weighted by molar-refractivity contribution is -0.136. The van der Waals surface area contributed by atoms with Crippen LogP contribution in [0.15, 0.2) is 18.2 Å². The van der Waals surface area contributed by atoms with Crippen molar-refractivity contribution in [2.45, 2.75) is 38.6 Å². The van der Waals surface area contributed by atoms with E-state index in [1.807, 2.05) is 9.80 Å². The number of amides is 2. The van der Waals surface area contributed by atoms with Gasteiger partial charge in [0.1, 0.15) is 0 Å². The number of rotatable bonds is 6. The molecule has 2 saturated heterocycles. The van der Waals surface area contributed by atoms with Crippen LogP contribution in [0.5, 0.6) is 0 Å². The summed E-state index contributed by atoms with van der Waals surface area (Å²) in [7, 11) is 0. The predicted molar refractivity (Wildman–Crippen MR) is 97.9 cm³/mol. The van der Waals surface area contributed by atoms with Crippen molar-refractivity contribution in [2.24, 2.45) is 0 Å². The maximum atomic E-state index is 13.3. The van der Waals surface area contributed by atoms with Gasteiger partial charge in [-0.25, -0.2) is 8.78 Å². The standard InChI is InChI=1S/C20H27F2N3O2/c21-17-7-6-16(14-18(17)22)15-23-10-12-25(13-11-23)20(27)5-3-9-24-8-2-1-4-19(24)26/h6-7,14H,1-5,8-13,15H2. The zero-order valence-electron chi connectivity index (χ0n) is 15.6. The van der Waals surface area contributed by atoms with Gasteiger partial charge in [-0.1, -0.05) is 6.07 Å². The summed E-state index contributed by atoms with van der Waals surface area (Å²) in [6.07, 6.45) is 3.84. The Hall–Kier alpha value is -2.02. The number of carbonyl (C=O) groups excluding carboxylic acids is 2. The van der Waals surface area contributed by atoms with Crippen molar-refractivity contribution in [1.82, 2.24) is 14.7 Å². The Balaban J connectivity index is 1.37. The summed E-state index contributed by atoms with van der Waals surface area (Å²) in [5.41, 5.74) is 0.736. The van der Waals surface area contributed by atoms with Crippen LogP contribution in [0.3, 0.4) is 0 Å². The van der Waals surface area contributed by atoms with Gasteiger partial charge in [-0.05, 0) is 37.0 Å². The molecule has 0 radical (unpaired) electrons. The molecule has 2 aliphatic rings. The second-order valence-corrected chi connectivity index (χ2v) is 7.35. The highest BCUT2D eigenvalue weighted by Gasteiger charge is 2.22. The zero-order chi connectivity index (χ0) is 19.2. The van der Waals surface area contributed by atoms with Crippen molar-refractivity contribution in [3.05, 3.63) is 35.4 Å². The molecule has 0 spiro atoms. The Bertz CT molecular complexity index is 675. The lowest BCUT2D eigenvalue weighted by Gasteiger charge is -2.35. The molecule has 1 aromatic carbocycles. The molecule has 0 bridgehead atoms. The molecule has 3 rings (SSSR count). The number of piperazine rings is 1. The SMILES string of the molecule is O=C1CCCCN1CCCC(=O)N1CCN(Cc2ccc(F)c(F)c2)CC1. The van der Waals surface area contributed by atoms with E-state index in [-0.39, 0.29) is 11.8 Å². The number of hydrogen-bond acceptors (Lipinski definition) is 3. The third-order valence-corrected chi connectivity index (χ3v) is 5.36. The molecule has 2 heterocycles. The molecule has 2 fully saturated rings. The van der Waals surface area contributed by atoms with Gasteiger partial charge in [-0.15, -0.1) is 0 Å². The molecule has 0 saturated carbocycles. The third-order valence-electron chi connectivity index (χ3n) is 5.36. The smallest absolute Gasteiger partial charge is 0.222 e. The van der Waals surface area contributed by atoms with Gasteiger partial charge in [0, 0.05) is 58.7 Å². The third kappa shape index (κ3) is 5.48. The van der Waals surface area contributed by atoms with Crippen molar-refractivity contribution in [3.8, 4) is 0 Å². The first-order chi connectivity index (χ1) is 13.0. The maximum Gasteiger partial charge on any atom is 0.222 e. The fourth-order valence-electron chi connectivity index (χ4n) is 3.73. The quantitative estimate of drug-likeness (QED) is 0.762. The topological polar surface area (TPSA) is 43.9 Å². The van der Waals surface area contributed by atoms with Gasteiger partial charge >= 0.3 is 0 Å². The molecule has 0 unspecified atom stereocenters. The van der Waals surface area contributed by atoms with E-state index in [9.17, 15) is 18.4 Å². The van der Waals surface area contributed by atoms with Gasteiger partial charge in [0.25, 0.3) is 0 Å². The summed E-state index contributed by atoms with van der Waals surface area (Å²) in [6.45, 7) is 4.76. The maximum absolute atomic E-state index is 13.3. The van der Waals surface area contributed by atoms with Gasteiger partial charge in [0.15, 0.2) is 11.6 Å². The van der Waals surface area contributed by atoms with Crippen LogP contribution in [0, 0.1) is 11.6 Å². The number of piperidine rings is 1. The molecule has 2 amide bonds. The lowest BCUT2D eigenvalue weighted by atomic mass is 10.1. The van der Waals surface area contributed by atoms with Crippen LogP contribution in [-0.2, 0) is 16.1 Å². The number of benzene rings is 1. The minimum absolute atomic E-state index is 0.131. The van der Waals surface area contributed by atoms with Crippen LogP contribution < -0.4 is 0 Å². The number of nitrogens with zero attached hydrogens (tertiary/aromatic N) is 3. The zero-order valence-corrected chi connectivity index (χ0v) is 15.6. The highest BCUT2D eigenvalue weighted by atomic mass is 19.2. The molecule has 0 N–H and O–H groups in total. The molecule has 0 atom stereocenters. The van der Waals surface area contributed by atoms with E-state index in [0.29, 0.717) is 45.4 Å². The Labute approximate surface area is 158 Å². The van der Waals surface area contributed by atoms with Gasteiger partial charge < -0.3 is 9.80 Å². The minimum Gasteiger partial charge on any atom is -0.343 e. The highest BCUT2D eigenvalue weighted by Crippen LogP contribution is 2.14. The molecule has 148 valence electrons. The Morgan fingerprint density at radius 2 is 1.78 bits per heavy atom. The van der Waals surface area contributed by atoms with Crippen LogP contribution >= 0.6 is 0 Å². The predicted octanol–water partition coefficient (Wildman–Crippen LogP) is 2.40. The van der Waals surface area contributed by atoms with Crippen LogP contribution in [-0.4, -0.2) is 65.8 Å². The Morgan fingerprint density at radius 3 is 2.48 bits per heavy atom. The van der Waals surface area contributed by atoms with Crippen molar-refractivity contribution < 1.29 is 18.4 Å². The molecule has 0 aromatic heterocycles. The summed E-state index contributed by atoms with van der Waals surface area (Å²) >= 11 is 0. The van der Waals surface area contributed by atoms with E-state index in [1.54, 1.807) is 6.07 Å². The van der Waals surface area contributed by atoms with Crippen molar-refractivity contribution >= 4 is 11.8 Å². The van der Waals surface area contributed by atoms with Crippen LogP contribution in [0.1, 0.15) is 37.7 Å². The molecule has 0 aliphatic carbocycles. The average Bonchev–Trinajstić information content (AvgIpc) is 2.67. The summed E-state index contributed by atoms with van der Waals surface area (Å²) in [6, 6.07) is 3.98. The van der Waals surface area contributed by atoms with E-state index in [0.717, 1.165) is 44.1 Å². The normalized spacial score (nSPS) is 18.8. The molecule has 27 heavy (non-hydrogen) atoms. The molecular weight excluding hydrogens is 352 g/mol. The number of likely N-dealkylation sites (tertiary alicyclic amines) is 1. The van der Waals surface area contributed by atoms with E-state index in [4.69, 9.17) is 0 Å². The fraction of sp³-hybridized carbons (Fsp3) is 0.600. The Kier molecular flexibility index (Phi) is 6.77. The number of hydrogen-bond donors (Lipinski definition) is 0. The minimum atomic E-state index is -0.833. The number of carbonyl (C=O) groups is 2. The molecular formula is C20H27F2N3O2. The first-order valence-electron chi connectivity index (χ1n) is 9.75. The monoisotopic (exact) mass is 379 g/mol. The van der Waals surface area contributed by atoms with Crippen LogP contribution in [0.2, 0.25) is 0 Å². The molecule has 1 aromatic rings. The number of halogens is 2. The summed E-state index contributed by atoms with van der Waals surface area (Å²) in [4.78, 5) is 30.0. The van der Waals surface area contributed by atoms with Crippen molar-refractivity contribution in [2.75, 3.05) is 39.3 Å². The molecule has 7 heteroatoms. The van der Waals surface area contributed by atoms with E-state index in [2.05, 4.69) is 4.90 Å². The van der Waals surface area contributed by atoms with Crippen molar-refractivity contribution in [1.29, 1.82) is 0 Å². The molecule has 2 aliphatic heterocycles. The van der Waals surface area contributed by atoms with Gasteiger partial charge in [0.05, 0.1) is 0 Å².